The zero-order valence-electron chi connectivity index (χ0n) is 62.8. The van der Waals surface area contributed by atoms with Crippen molar-refractivity contribution in [3.05, 3.63) is 236 Å². The number of fused-ring (bicyclic) bond motifs is 9. The summed E-state index contributed by atoms with van der Waals surface area (Å²) >= 11 is 0. The standard InChI is InChI=1S/C30H28BN6P.C29H26N6.C26H21BN5OP.C4H9N.CH4/c1-38(31)37-27-12-11-21(25-19-32-18-22-7-2-3-9-23(22)25)17-24(27)29(35-37)30-33-26-10-6-8-20(28(26)34-30)13-16-36-14-4-5-15-36;1-2-8-22-21(6-1)17-30-18-24(22)20-10-11-25-23(16-20)28(34-33-25)29-31-26-9-5-7-19(27(26)32-29)12-15-35-13-3-4-14-35;1-34(27)32-23-10-9-17(21-15-28-14-18-5-2-3-7-19(18)21)13-20(23)25(31-32)26-29-22-8-4-6-16(11-12-33)24(22)30-26;1-2-4-5-3-1;/h2-3,6-12,17-19H,4-5,13-16H2,1H3,(H,33,34);1-2,5-11,16-18H,3-4,12-15H2,(H,31,32)(H,33,34);2-10,13-15,33H,11-12H2,1H3,(H,29,30);5H,1-4H2;1H4. The molecule has 3 aliphatic heterocycles. The van der Waals surface area contributed by atoms with E-state index >= 15 is 0 Å². The van der Waals surface area contributed by atoms with Gasteiger partial charge in [0.2, 0.25) is 0 Å². The van der Waals surface area contributed by atoms with E-state index < -0.39 is 15.9 Å². The summed E-state index contributed by atoms with van der Waals surface area (Å²) in [6.45, 7) is 13.6. The largest absolute Gasteiger partial charge is 0.396 e. The lowest BCUT2D eigenvalue weighted by Crippen LogP contribution is -2.21. The van der Waals surface area contributed by atoms with Crippen LogP contribution in [-0.2, 0) is 19.3 Å². The van der Waals surface area contributed by atoms with Crippen LogP contribution in [0.3, 0.4) is 0 Å². The molecule has 3 saturated heterocycles. The fraction of sp³-hybridized carbons (Fsp3) is 0.233. The van der Waals surface area contributed by atoms with Gasteiger partial charge in [-0.25, -0.2) is 15.0 Å². The molecule has 0 aliphatic carbocycles. The molecule has 0 spiro atoms. The first-order chi connectivity index (χ1) is 55.1. The summed E-state index contributed by atoms with van der Waals surface area (Å²) in [5.41, 5.74) is 21.5. The normalized spacial score (nSPS) is 14.5. The number of aromatic amines is 4. The Bertz CT molecular complexity index is 6420. The lowest BCUT2D eigenvalue weighted by Gasteiger charge is -2.14. The van der Waals surface area contributed by atoms with Gasteiger partial charge < -0.3 is 35.2 Å². The zero-order valence-corrected chi connectivity index (χ0v) is 64.6. The lowest BCUT2D eigenvalue weighted by molar-refractivity contribution is 0.300. The Morgan fingerprint density at radius 3 is 1.19 bits per heavy atom. The molecule has 0 saturated carbocycles. The third-order valence-corrected chi connectivity index (χ3v) is 23.8. The van der Waals surface area contributed by atoms with Gasteiger partial charge in [0.15, 0.2) is 17.5 Å². The number of benzene rings is 9. The van der Waals surface area contributed by atoms with Crippen molar-refractivity contribution >= 4 is 129 Å². The van der Waals surface area contributed by atoms with Gasteiger partial charge in [0.05, 0.1) is 49.7 Å². The van der Waals surface area contributed by atoms with Crippen LogP contribution in [0.5, 0.6) is 0 Å². The second-order valence-electron chi connectivity index (χ2n) is 29.4. The van der Waals surface area contributed by atoms with Gasteiger partial charge in [0, 0.05) is 106 Å². The number of aliphatic hydroxyl groups is 1. The Hall–Kier alpha value is -11.1. The molecule has 113 heavy (non-hydrogen) atoms. The first-order valence-electron chi connectivity index (χ1n) is 38.8. The van der Waals surface area contributed by atoms with Gasteiger partial charge in [0.25, 0.3) is 0 Å². The molecular weight excluding hydrogens is 1430 g/mol. The minimum absolute atomic E-state index is 0. The number of aromatic nitrogens is 15. The van der Waals surface area contributed by atoms with Gasteiger partial charge >= 0.3 is 0 Å². The maximum atomic E-state index is 9.45. The van der Waals surface area contributed by atoms with Crippen molar-refractivity contribution in [2.24, 2.45) is 0 Å². The van der Waals surface area contributed by atoms with E-state index in [0.29, 0.717) is 12.2 Å². The van der Waals surface area contributed by atoms with Crippen LogP contribution in [0, 0.1) is 0 Å². The van der Waals surface area contributed by atoms with Crippen LogP contribution in [0.15, 0.2) is 219 Å². The average molecular weight is 1520 g/mol. The highest BCUT2D eigenvalue weighted by atomic mass is 31.1. The van der Waals surface area contributed by atoms with Gasteiger partial charge in [0.1, 0.15) is 32.2 Å². The number of H-pyrrole nitrogens is 4. The molecule has 3 fully saturated rings. The van der Waals surface area contributed by atoms with Crippen LogP contribution in [0.1, 0.15) is 62.6 Å². The molecule has 18 aromatic rings. The van der Waals surface area contributed by atoms with Gasteiger partial charge in [-0.3, -0.25) is 29.0 Å². The van der Waals surface area contributed by atoms with Crippen molar-refractivity contribution in [3.63, 3.8) is 0 Å². The maximum Gasteiger partial charge on any atom is 0.159 e. The molecule has 23 heteroatoms. The number of para-hydroxylation sites is 3. The third-order valence-electron chi connectivity index (χ3n) is 22.0. The first kappa shape index (κ1) is 74.6. The predicted octanol–water partition coefficient (Wildman–Crippen LogP) is 18.6. The Labute approximate surface area is 660 Å². The molecule has 3 aliphatic rings. The number of aliphatic hydroxyl groups excluding tert-OH is 1. The summed E-state index contributed by atoms with van der Waals surface area (Å²) < 4.78 is 3.85. The van der Waals surface area contributed by atoms with Crippen LogP contribution in [0.25, 0.3) is 166 Å². The van der Waals surface area contributed by atoms with Gasteiger partial charge in [-0.15, -0.1) is 0 Å². The summed E-state index contributed by atoms with van der Waals surface area (Å²) in [6.07, 6.45) is 22.1. The monoisotopic (exact) mass is 1520 g/mol. The number of likely N-dealkylation sites (tertiary alicyclic amines) is 2. The molecule has 2 unspecified atom stereocenters. The molecule has 2 atom stereocenters. The minimum Gasteiger partial charge on any atom is -0.396 e. The zero-order chi connectivity index (χ0) is 75.6. The van der Waals surface area contributed by atoms with E-state index in [-0.39, 0.29) is 14.0 Å². The molecule has 9 aromatic heterocycles. The number of imidazole rings is 3. The van der Waals surface area contributed by atoms with Crippen molar-refractivity contribution < 1.29 is 5.11 Å². The highest BCUT2D eigenvalue weighted by Gasteiger charge is 2.24. The highest BCUT2D eigenvalue weighted by molar-refractivity contribution is 7.80. The molecular formula is C90H88B2N18OP2. The second-order valence-corrected chi connectivity index (χ2v) is 32.4. The average Bonchev–Trinajstić information content (AvgIpc) is 1.62. The fourth-order valence-electron chi connectivity index (χ4n) is 16.3. The van der Waals surface area contributed by atoms with Crippen LogP contribution in [0.2, 0.25) is 0 Å². The van der Waals surface area contributed by atoms with E-state index in [1.54, 1.807) is 0 Å². The Morgan fingerprint density at radius 2 is 0.788 bits per heavy atom. The number of nitrogens with one attached hydrogen (secondary N) is 5. The van der Waals surface area contributed by atoms with Crippen LogP contribution < -0.4 is 5.32 Å². The number of rotatable bonds is 16. The summed E-state index contributed by atoms with van der Waals surface area (Å²) in [5.74, 6) is 2.27. The molecule has 0 bridgehead atoms. The fourth-order valence-corrected chi connectivity index (χ4v) is 17.8. The van der Waals surface area contributed by atoms with Crippen LogP contribution in [-0.4, -0.2) is 176 Å². The smallest absolute Gasteiger partial charge is 0.159 e. The summed E-state index contributed by atoms with van der Waals surface area (Å²) in [6, 6.07) is 63.0. The van der Waals surface area contributed by atoms with Gasteiger partial charge in [-0.2, -0.15) is 15.3 Å². The number of nitrogens with zero attached hydrogens (tertiary/aromatic N) is 13. The van der Waals surface area contributed by atoms with Crippen LogP contribution in [0.4, 0.5) is 0 Å². The van der Waals surface area contributed by atoms with Crippen molar-refractivity contribution in [2.45, 2.75) is 65.2 Å². The molecule has 0 amide bonds. The number of hydrogen-bond donors (Lipinski definition) is 6. The highest BCUT2D eigenvalue weighted by Crippen LogP contribution is 2.43. The molecule has 4 radical (unpaired) electrons. The van der Waals surface area contributed by atoms with Crippen LogP contribution >= 0.6 is 15.9 Å². The summed E-state index contributed by atoms with van der Waals surface area (Å²) in [5, 5.41) is 40.4. The molecule has 19 nitrogen and oxygen atoms in total. The molecule has 12 heterocycles. The molecule has 21 rings (SSSR count). The van der Waals surface area contributed by atoms with E-state index in [1.165, 1.54) is 99.7 Å². The third kappa shape index (κ3) is 15.3. The van der Waals surface area contributed by atoms with Gasteiger partial charge in [-0.05, 0) is 230 Å². The van der Waals surface area contributed by atoms with Crippen molar-refractivity contribution in [2.75, 3.05) is 72.3 Å². The lowest BCUT2D eigenvalue weighted by atomic mass is 9.99. The Kier molecular flexibility index (Phi) is 22.0. The second kappa shape index (κ2) is 33.3. The van der Waals surface area contributed by atoms with E-state index in [9.17, 15) is 5.11 Å². The predicted molar refractivity (Wildman–Crippen MR) is 469 cm³/mol. The number of pyridine rings is 3. The summed E-state index contributed by atoms with van der Waals surface area (Å²) in [4.78, 5) is 44.1. The van der Waals surface area contributed by atoms with Gasteiger partial charge in [-0.1, -0.05) is 135 Å². The van der Waals surface area contributed by atoms with E-state index in [1.807, 2.05) is 102 Å². The first-order valence-corrected chi connectivity index (χ1v) is 42.5. The van der Waals surface area contributed by atoms with Crippen molar-refractivity contribution in [1.82, 2.24) is 89.3 Å². The van der Waals surface area contributed by atoms with E-state index in [2.05, 4.69) is 195 Å². The Balaban J connectivity index is 0.000000118. The van der Waals surface area contributed by atoms with E-state index in [4.69, 9.17) is 40.3 Å². The minimum atomic E-state index is -0.974. The Morgan fingerprint density at radius 1 is 0.398 bits per heavy atom. The molecule has 9 aromatic carbocycles. The number of hydrogen-bond acceptors (Lipinski definition) is 13. The molecule has 6 N–H and O–H groups in total. The quantitative estimate of drug-likeness (QED) is 0.0391. The summed E-state index contributed by atoms with van der Waals surface area (Å²) in [7, 11) is 10.8. The molecule has 560 valence electrons. The van der Waals surface area contributed by atoms with E-state index in [0.717, 1.165) is 181 Å². The topological polar surface area (TPSA) is 228 Å². The van der Waals surface area contributed by atoms with Crippen molar-refractivity contribution in [3.8, 4) is 67.9 Å². The van der Waals surface area contributed by atoms with Crippen molar-refractivity contribution in [1.29, 1.82) is 0 Å². The maximum absolute atomic E-state index is 9.45. The SMILES string of the molecule is C.C1CCNC1.[B]P(C)n1nc(-c2nc3c(CCN4CCCC4)cccc3[nH]2)c2cc(-c3cncc4ccccc34)ccc21.[B]P(C)n1nc(-c2nc3c(CCO)cccc3[nH]2)c2cc(-c3cncc4ccccc34)ccc21.c1ccc2c(-c3ccc4[nH]nc(-c5nc6c(CCN7CCCC7)cccc6[nH]5)c4c3)cncc2c1.